The second kappa shape index (κ2) is 5.70. The van der Waals surface area contributed by atoms with E-state index in [1.807, 2.05) is 6.07 Å². The Morgan fingerprint density at radius 2 is 1.95 bits per heavy atom. The minimum Gasteiger partial charge on any atom is -0.436 e. The smallest absolute Gasteiger partial charge is 0.228 e. The van der Waals surface area contributed by atoms with Gasteiger partial charge >= 0.3 is 0 Å². The first-order chi connectivity index (χ1) is 10.0. The van der Waals surface area contributed by atoms with Crippen LogP contribution in [-0.4, -0.2) is 9.97 Å². The monoisotopic (exact) mass is 473 g/mol. The summed E-state index contributed by atoms with van der Waals surface area (Å²) in [5.74, 6) is 0.520. The van der Waals surface area contributed by atoms with Crippen LogP contribution in [0.3, 0.4) is 0 Å². The molecule has 0 aliphatic heterocycles. The number of oxazole rings is 1. The van der Waals surface area contributed by atoms with E-state index in [1.54, 1.807) is 12.4 Å². The van der Waals surface area contributed by atoms with Crippen LogP contribution in [0.25, 0.3) is 22.6 Å². The molecule has 0 bridgehead atoms. The third kappa shape index (κ3) is 2.51. The quantitative estimate of drug-likeness (QED) is 0.509. The van der Waals surface area contributed by atoms with Crippen molar-refractivity contribution in [2.45, 2.75) is 13.3 Å². The van der Waals surface area contributed by atoms with Crippen molar-refractivity contribution in [3.05, 3.63) is 37.4 Å². The molecule has 0 unspecified atom stereocenters. The van der Waals surface area contributed by atoms with Gasteiger partial charge in [0.05, 0.1) is 15.7 Å². The highest BCUT2D eigenvalue weighted by atomic mass is 79.9. The van der Waals surface area contributed by atoms with Crippen molar-refractivity contribution in [3.63, 3.8) is 0 Å². The van der Waals surface area contributed by atoms with Gasteiger partial charge in [-0.05, 0) is 60.3 Å². The van der Waals surface area contributed by atoms with Gasteiger partial charge in [-0.2, -0.15) is 0 Å². The van der Waals surface area contributed by atoms with Crippen LogP contribution in [0.4, 0.5) is 5.69 Å². The fourth-order valence-electron chi connectivity index (χ4n) is 2.13. The van der Waals surface area contributed by atoms with Crippen molar-refractivity contribution >= 4 is 64.6 Å². The number of nitrogen functional groups attached to an aromatic ring is 1. The van der Waals surface area contributed by atoms with E-state index in [9.17, 15) is 0 Å². The molecule has 0 radical (unpaired) electrons. The topological polar surface area (TPSA) is 64.9 Å². The number of fused-ring (bicyclic) bond motifs is 1. The van der Waals surface area contributed by atoms with Gasteiger partial charge in [-0.3, -0.25) is 4.98 Å². The lowest BCUT2D eigenvalue weighted by Gasteiger charge is -2.07. The molecule has 0 fully saturated rings. The molecule has 4 nitrogen and oxygen atoms in total. The second-order valence-corrected chi connectivity index (χ2v) is 6.96. The second-order valence-electron chi connectivity index (χ2n) is 4.46. The predicted molar refractivity (Wildman–Crippen MR) is 94.1 cm³/mol. The summed E-state index contributed by atoms with van der Waals surface area (Å²) in [6, 6.07) is 1.91. The summed E-state index contributed by atoms with van der Waals surface area (Å²) >= 11 is 10.4. The molecule has 0 aliphatic rings. The Labute approximate surface area is 146 Å². The van der Waals surface area contributed by atoms with Crippen LogP contribution in [0.5, 0.6) is 0 Å². The first kappa shape index (κ1) is 15.0. The molecule has 21 heavy (non-hydrogen) atoms. The van der Waals surface area contributed by atoms with Gasteiger partial charge in [0.2, 0.25) is 5.89 Å². The summed E-state index contributed by atoms with van der Waals surface area (Å²) < 4.78 is 8.42. The van der Waals surface area contributed by atoms with Crippen LogP contribution in [0.2, 0.25) is 0 Å². The summed E-state index contributed by atoms with van der Waals surface area (Å²) in [5, 5.41) is 0. The average molecular weight is 476 g/mol. The number of benzene rings is 1. The van der Waals surface area contributed by atoms with Crippen molar-refractivity contribution < 1.29 is 4.42 Å². The lowest BCUT2D eigenvalue weighted by molar-refractivity contribution is 0.615. The maximum absolute atomic E-state index is 6.10. The molecule has 2 aromatic heterocycles. The van der Waals surface area contributed by atoms with Crippen molar-refractivity contribution in [3.8, 4) is 11.5 Å². The normalized spacial score (nSPS) is 11.2. The molecule has 2 heterocycles. The number of nitrogens with zero attached hydrogens (tertiary/aromatic N) is 2. The van der Waals surface area contributed by atoms with Gasteiger partial charge in [0, 0.05) is 26.9 Å². The first-order valence-corrected chi connectivity index (χ1v) is 8.57. The number of hydrogen-bond donors (Lipinski definition) is 1. The largest absolute Gasteiger partial charge is 0.436 e. The lowest BCUT2D eigenvalue weighted by Crippen LogP contribution is -1.94. The summed E-state index contributed by atoms with van der Waals surface area (Å²) in [6.07, 6.45) is 4.22. The number of hydrogen-bond acceptors (Lipinski definition) is 4. The van der Waals surface area contributed by atoms with Crippen LogP contribution >= 0.6 is 47.8 Å². The fourth-order valence-corrected chi connectivity index (χ4v) is 3.88. The van der Waals surface area contributed by atoms with Gasteiger partial charge in [0.1, 0.15) is 5.52 Å². The number of rotatable bonds is 2. The molecule has 108 valence electrons. The standard InChI is InChI=1S/C14H10Br3N3O/c1-2-8-9(16)11(18)10(17)12-13(8)21-14(20-12)6-3-7(15)5-19-4-6/h3-5H,2,18H2,1H3. The van der Waals surface area contributed by atoms with Crippen molar-refractivity contribution in [2.24, 2.45) is 0 Å². The third-order valence-corrected chi connectivity index (χ3v) is 5.29. The van der Waals surface area contributed by atoms with E-state index in [1.165, 1.54) is 0 Å². The lowest BCUT2D eigenvalue weighted by atomic mass is 10.1. The van der Waals surface area contributed by atoms with Gasteiger partial charge in [-0.1, -0.05) is 6.92 Å². The Morgan fingerprint density at radius 3 is 2.62 bits per heavy atom. The van der Waals surface area contributed by atoms with E-state index in [2.05, 4.69) is 64.7 Å². The summed E-state index contributed by atoms with van der Waals surface area (Å²) in [5.41, 5.74) is 10.0. The molecule has 0 atom stereocenters. The fraction of sp³-hybridized carbons (Fsp3) is 0.143. The number of halogens is 3. The number of anilines is 1. The van der Waals surface area contributed by atoms with E-state index in [0.717, 1.165) is 42.1 Å². The van der Waals surface area contributed by atoms with Crippen LogP contribution in [-0.2, 0) is 6.42 Å². The van der Waals surface area contributed by atoms with E-state index in [4.69, 9.17) is 10.2 Å². The van der Waals surface area contributed by atoms with E-state index < -0.39 is 0 Å². The van der Waals surface area contributed by atoms with Crippen LogP contribution in [0.1, 0.15) is 12.5 Å². The number of pyridine rings is 1. The van der Waals surface area contributed by atoms with E-state index >= 15 is 0 Å². The highest BCUT2D eigenvalue weighted by Crippen LogP contribution is 2.41. The number of aryl methyl sites for hydroxylation is 1. The predicted octanol–water partition coefficient (Wildman–Crippen LogP) is 5.32. The van der Waals surface area contributed by atoms with Crippen molar-refractivity contribution in [2.75, 3.05) is 5.73 Å². The van der Waals surface area contributed by atoms with Crippen LogP contribution < -0.4 is 5.73 Å². The zero-order valence-corrected chi connectivity index (χ0v) is 15.7. The zero-order valence-electron chi connectivity index (χ0n) is 11.0. The molecule has 0 amide bonds. The Bertz CT molecular complexity index is 845. The Hall–Kier alpha value is -0.920. The van der Waals surface area contributed by atoms with Gasteiger partial charge < -0.3 is 10.2 Å². The molecule has 0 saturated heterocycles. The maximum Gasteiger partial charge on any atom is 0.228 e. The number of aromatic nitrogens is 2. The first-order valence-electron chi connectivity index (χ1n) is 6.19. The minimum atomic E-state index is 0.520. The Morgan fingerprint density at radius 1 is 1.19 bits per heavy atom. The summed E-state index contributed by atoms with van der Waals surface area (Å²) in [6.45, 7) is 2.05. The molecule has 3 aromatic rings. The zero-order chi connectivity index (χ0) is 15.1. The maximum atomic E-state index is 6.10. The highest BCUT2D eigenvalue weighted by molar-refractivity contribution is 9.11. The van der Waals surface area contributed by atoms with Gasteiger partial charge in [0.25, 0.3) is 0 Å². The molecule has 7 heteroatoms. The number of nitrogens with two attached hydrogens (primary N) is 1. The molecule has 2 N–H and O–H groups in total. The Balaban J connectivity index is 2.32. The molecule has 0 spiro atoms. The molecule has 3 rings (SSSR count). The Kier molecular flexibility index (Phi) is 4.07. The summed E-state index contributed by atoms with van der Waals surface area (Å²) in [4.78, 5) is 8.70. The molecular formula is C14H10Br3N3O. The molecule has 1 aromatic carbocycles. The van der Waals surface area contributed by atoms with Gasteiger partial charge in [0.15, 0.2) is 5.58 Å². The minimum absolute atomic E-state index is 0.520. The van der Waals surface area contributed by atoms with Crippen LogP contribution in [0, 0.1) is 0 Å². The van der Waals surface area contributed by atoms with Crippen molar-refractivity contribution in [1.82, 2.24) is 9.97 Å². The van der Waals surface area contributed by atoms with E-state index in [-0.39, 0.29) is 0 Å². The summed E-state index contributed by atoms with van der Waals surface area (Å²) in [7, 11) is 0. The van der Waals surface area contributed by atoms with Crippen molar-refractivity contribution in [1.29, 1.82) is 0 Å². The van der Waals surface area contributed by atoms with Gasteiger partial charge in [-0.25, -0.2) is 4.98 Å². The van der Waals surface area contributed by atoms with Crippen LogP contribution in [0.15, 0.2) is 36.3 Å². The molecule has 0 saturated carbocycles. The van der Waals surface area contributed by atoms with E-state index in [0.29, 0.717) is 11.6 Å². The average Bonchev–Trinajstić information content (AvgIpc) is 2.91. The third-order valence-electron chi connectivity index (χ3n) is 3.15. The molecular weight excluding hydrogens is 466 g/mol. The molecule has 0 aliphatic carbocycles. The highest BCUT2D eigenvalue weighted by Gasteiger charge is 2.20. The van der Waals surface area contributed by atoms with Gasteiger partial charge in [-0.15, -0.1) is 0 Å². The SMILES string of the molecule is CCc1c(Br)c(N)c(Br)c2nc(-c3cncc(Br)c3)oc12.